The Hall–Kier alpha value is -2.18. The van der Waals surface area contributed by atoms with Crippen LogP contribution < -0.4 is 5.32 Å². The summed E-state index contributed by atoms with van der Waals surface area (Å²) in [5, 5.41) is 23.6. The highest BCUT2D eigenvalue weighted by Gasteiger charge is 2.24. The topological polar surface area (TPSA) is 95.9 Å². The first-order chi connectivity index (χ1) is 27.0. The predicted molar refractivity (Wildman–Crippen MR) is 236 cm³/mol. The fraction of sp³-hybridized carbons (Fsp3) is 0.796. The van der Waals surface area contributed by atoms with Crippen LogP contribution in [-0.2, 0) is 14.3 Å². The highest BCUT2D eigenvalue weighted by Crippen LogP contribution is 2.17. The molecule has 0 aromatic heterocycles. The molecular weight excluding hydrogens is 683 g/mol. The molecule has 6 heteroatoms. The van der Waals surface area contributed by atoms with Gasteiger partial charge in [-0.2, -0.15) is 0 Å². The lowest BCUT2D eigenvalue weighted by molar-refractivity contribution is -0.151. The summed E-state index contributed by atoms with van der Waals surface area (Å²) in [6.45, 7) is 6.31. The Morgan fingerprint density at radius 2 is 1.00 bits per heavy atom. The fourth-order valence-corrected chi connectivity index (χ4v) is 6.89. The molecule has 3 N–H and O–H groups in total. The van der Waals surface area contributed by atoms with Crippen LogP contribution in [0.1, 0.15) is 226 Å². The van der Waals surface area contributed by atoms with E-state index in [9.17, 15) is 19.8 Å². The maximum Gasteiger partial charge on any atom is 0.306 e. The third-order valence-electron chi connectivity index (χ3n) is 10.5. The van der Waals surface area contributed by atoms with Crippen molar-refractivity contribution in [1.29, 1.82) is 0 Å². The largest absolute Gasteiger partial charge is 0.462 e. The van der Waals surface area contributed by atoms with Crippen LogP contribution in [0, 0.1) is 0 Å². The van der Waals surface area contributed by atoms with E-state index in [0.717, 1.165) is 89.9 Å². The summed E-state index contributed by atoms with van der Waals surface area (Å²) in [5.74, 6) is -0.514. The number of ether oxygens (including phenoxy) is 1. The van der Waals surface area contributed by atoms with Gasteiger partial charge in [0.15, 0.2) is 0 Å². The van der Waals surface area contributed by atoms with Crippen LogP contribution in [0.25, 0.3) is 0 Å². The van der Waals surface area contributed by atoms with Gasteiger partial charge < -0.3 is 20.3 Å². The second-order valence-corrected chi connectivity index (χ2v) is 15.8. The van der Waals surface area contributed by atoms with E-state index >= 15 is 0 Å². The molecule has 55 heavy (non-hydrogen) atoms. The van der Waals surface area contributed by atoms with Crippen LogP contribution in [0.3, 0.4) is 0 Å². The number of rotatable bonds is 41. The zero-order valence-electron chi connectivity index (χ0n) is 36.3. The molecule has 0 spiro atoms. The van der Waals surface area contributed by atoms with Gasteiger partial charge >= 0.3 is 5.97 Å². The zero-order valence-corrected chi connectivity index (χ0v) is 36.3. The van der Waals surface area contributed by atoms with Gasteiger partial charge in [0, 0.05) is 6.42 Å². The summed E-state index contributed by atoms with van der Waals surface area (Å²) in [5.41, 5.74) is 0. The Bertz CT molecular complexity index is 957. The number of nitrogens with one attached hydrogen (secondary N) is 1. The van der Waals surface area contributed by atoms with Crippen molar-refractivity contribution in [3.63, 3.8) is 0 Å². The molecule has 1 amide bonds. The molecule has 0 fully saturated rings. The molecule has 0 radical (unpaired) electrons. The molecule has 0 aromatic rings. The van der Waals surface area contributed by atoms with Gasteiger partial charge in [-0.05, 0) is 70.6 Å². The van der Waals surface area contributed by atoms with Crippen molar-refractivity contribution >= 4 is 11.9 Å². The normalized spacial score (nSPS) is 13.8. The zero-order chi connectivity index (χ0) is 40.3. The maximum atomic E-state index is 13.1. The molecule has 3 atom stereocenters. The Morgan fingerprint density at radius 1 is 0.545 bits per heavy atom. The second kappa shape index (κ2) is 43.0. The van der Waals surface area contributed by atoms with Gasteiger partial charge in [-0.15, -0.1) is 0 Å². The molecule has 6 nitrogen and oxygen atoms in total. The summed E-state index contributed by atoms with van der Waals surface area (Å²) < 4.78 is 5.89. The number of hydrogen-bond acceptors (Lipinski definition) is 5. The van der Waals surface area contributed by atoms with Gasteiger partial charge in [0.1, 0.15) is 6.10 Å². The molecule has 0 aliphatic rings. The Balaban J connectivity index is 4.65. The predicted octanol–water partition coefficient (Wildman–Crippen LogP) is 13.5. The highest BCUT2D eigenvalue weighted by atomic mass is 16.5. The Kier molecular flexibility index (Phi) is 41.2. The minimum Gasteiger partial charge on any atom is -0.462 e. The van der Waals surface area contributed by atoms with Crippen molar-refractivity contribution in [2.24, 2.45) is 0 Å². The maximum absolute atomic E-state index is 13.1. The number of carbonyl (C=O) groups is 2. The van der Waals surface area contributed by atoms with E-state index in [1.54, 1.807) is 0 Å². The number of amides is 1. The molecular formula is C49H89NO5. The fourth-order valence-electron chi connectivity index (χ4n) is 6.89. The average Bonchev–Trinajstić information content (AvgIpc) is 3.18. The van der Waals surface area contributed by atoms with Crippen molar-refractivity contribution in [3.05, 3.63) is 48.6 Å². The van der Waals surface area contributed by atoms with E-state index in [2.05, 4.69) is 74.7 Å². The van der Waals surface area contributed by atoms with Crippen LogP contribution in [0.5, 0.6) is 0 Å². The van der Waals surface area contributed by atoms with Gasteiger partial charge in [0.05, 0.1) is 25.2 Å². The van der Waals surface area contributed by atoms with Crippen LogP contribution in [0.4, 0.5) is 0 Å². The Labute approximate surface area is 340 Å². The third kappa shape index (κ3) is 38.5. The molecule has 0 bridgehead atoms. The lowest BCUT2D eigenvalue weighted by atomic mass is 10.0. The van der Waals surface area contributed by atoms with E-state index < -0.39 is 18.2 Å². The lowest BCUT2D eigenvalue weighted by Gasteiger charge is -2.24. The van der Waals surface area contributed by atoms with Crippen molar-refractivity contribution in [2.45, 2.75) is 244 Å². The van der Waals surface area contributed by atoms with Crippen LogP contribution in [0.15, 0.2) is 48.6 Å². The highest BCUT2D eigenvalue weighted by molar-refractivity contribution is 5.77. The molecule has 320 valence electrons. The van der Waals surface area contributed by atoms with Crippen molar-refractivity contribution in [1.82, 2.24) is 5.32 Å². The lowest BCUT2D eigenvalue weighted by Crippen LogP contribution is -2.46. The van der Waals surface area contributed by atoms with Crippen molar-refractivity contribution in [3.8, 4) is 0 Å². The quantitative estimate of drug-likeness (QED) is 0.0249. The number of aliphatic hydroxyl groups is 2. The van der Waals surface area contributed by atoms with E-state index in [4.69, 9.17) is 4.74 Å². The van der Waals surface area contributed by atoms with E-state index in [0.29, 0.717) is 19.3 Å². The van der Waals surface area contributed by atoms with Gasteiger partial charge in [0.2, 0.25) is 5.91 Å². The molecule has 0 saturated heterocycles. The first-order valence-electron chi connectivity index (χ1n) is 23.4. The summed E-state index contributed by atoms with van der Waals surface area (Å²) in [6, 6.07) is -0.708. The standard InChI is InChI=1S/C49H89NO5/c1-4-7-10-13-16-19-21-23-25-27-30-33-36-39-42-49(54)55-45(40-37-34-31-29-26-24-22-20-17-14-11-8-5-2)43-48(53)50-46(44-51)47(52)41-38-35-32-28-18-15-12-9-6-3/h8,11,14,17,20,22,25,27,45-47,51-52H,4-7,9-10,12-13,15-16,18-19,21,23-24,26,28-44H2,1-3H3,(H,50,53)/b11-8+,17-14+,22-20+,27-25-. The minimum atomic E-state index is -0.793. The molecule has 0 aromatic carbocycles. The van der Waals surface area contributed by atoms with Gasteiger partial charge in [-0.25, -0.2) is 0 Å². The first kappa shape index (κ1) is 52.8. The number of esters is 1. The minimum absolute atomic E-state index is 0.0578. The molecule has 0 rings (SSSR count). The first-order valence-corrected chi connectivity index (χ1v) is 23.4. The summed E-state index contributed by atoms with van der Waals surface area (Å²) in [4.78, 5) is 26.0. The molecule has 0 aliphatic carbocycles. The summed E-state index contributed by atoms with van der Waals surface area (Å²) >= 11 is 0. The number of allylic oxidation sites excluding steroid dienone is 8. The summed E-state index contributed by atoms with van der Waals surface area (Å²) in [7, 11) is 0. The van der Waals surface area contributed by atoms with Crippen molar-refractivity contribution < 1.29 is 24.5 Å². The Morgan fingerprint density at radius 3 is 1.53 bits per heavy atom. The number of unbranched alkanes of at least 4 members (excludes halogenated alkanes) is 23. The van der Waals surface area contributed by atoms with E-state index in [-0.39, 0.29) is 24.9 Å². The molecule has 0 saturated carbocycles. The number of aliphatic hydroxyl groups excluding tert-OH is 2. The van der Waals surface area contributed by atoms with Crippen molar-refractivity contribution in [2.75, 3.05) is 6.61 Å². The van der Waals surface area contributed by atoms with Crippen LogP contribution >= 0.6 is 0 Å². The van der Waals surface area contributed by atoms with Crippen LogP contribution in [-0.4, -0.2) is 46.9 Å². The second-order valence-electron chi connectivity index (χ2n) is 15.8. The molecule has 3 unspecified atom stereocenters. The van der Waals surface area contributed by atoms with Crippen LogP contribution in [0.2, 0.25) is 0 Å². The SMILES string of the molecule is CC/C=C/C=C/C=C/CCCCCCCC(CC(=O)NC(CO)C(O)CCCCCCCCCCC)OC(=O)CCCCC/C=C\CCCCCCCCC. The summed E-state index contributed by atoms with van der Waals surface area (Å²) in [6.07, 6.45) is 50.3. The van der Waals surface area contributed by atoms with E-state index in [1.807, 2.05) is 0 Å². The third-order valence-corrected chi connectivity index (χ3v) is 10.5. The molecule has 0 heterocycles. The monoisotopic (exact) mass is 772 g/mol. The van der Waals surface area contributed by atoms with Gasteiger partial charge in [0.25, 0.3) is 0 Å². The number of carbonyl (C=O) groups excluding carboxylic acids is 2. The van der Waals surface area contributed by atoms with Gasteiger partial charge in [-0.1, -0.05) is 191 Å². The molecule has 0 aliphatic heterocycles. The smallest absolute Gasteiger partial charge is 0.306 e. The average molecular weight is 772 g/mol. The van der Waals surface area contributed by atoms with Gasteiger partial charge in [-0.3, -0.25) is 9.59 Å². The van der Waals surface area contributed by atoms with E-state index in [1.165, 1.54) is 89.9 Å². The number of hydrogen-bond donors (Lipinski definition) is 3.